The first-order valence-electron chi connectivity index (χ1n) is 10.9. The van der Waals surface area contributed by atoms with Crippen LogP contribution in [0.1, 0.15) is 12.5 Å². The van der Waals surface area contributed by atoms with Crippen LogP contribution in [-0.2, 0) is 4.79 Å². The molecule has 162 valence electrons. The van der Waals surface area contributed by atoms with Gasteiger partial charge in [0, 0.05) is 37.3 Å². The highest BCUT2D eigenvalue weighted by atomic mass is 32.2. The standard InChI is InChI=1S/C26H25N3O2S/c1-2-31-21-12-10-19(11-13-21)18-24-25(30)27-26(32-24)29-16-14-28(15-17-29)23-9-5-7-20-6-3-4-8-22(20)23/h3-13,18H,2,14-17H2,1H3/b24-18+. The number of thioether (sulfide) groups is 1. The molecule has 2 aliphatic rings. The summed E-state index contributed by atoms with van der Waals surface area (Å²) in [6, 6.07) is 22.8. The van der Waals surface area contributed by atoms with Crippen LogP contribution in [0, 0.1) is 0 Å². The van der Waals surface area contributed by atoms with Crippen molar-refractivity contribution < 1.29 is 9.53 Å². The van der Waals surface area contributed by atoms with Crippen molar-refractivity contribution in [1.82, 2.24) is 4.90 Å². The molecular formula is C26H25N3O2S. The van der Waals surface area contributed by atoms with E-state index in [1.54, 1.807) is 0 Å². The maximum atomic E-state index is 12.5. The number of amidine groups is 1. The maximum absolute atomic E-state index is 12.5. The molecule has 0 N–H and O–H groups in total. The van der Waals surface area contributed by atoms with E-state index >= 15 is 0 Å². The van der Waals surface area contributed by atoms with E-state index in [9.17, 15) is 4.79 Å². The number of rotatable bonds is 4. The van der Waals surface area contributed by atoms with E-state index in [0.29, 0.717) is 11.5 Å². The van der Waals surface area contributed by atoms with E-state index in [2.05, 4.69) is 57.3 Å². The summed E-state index contributed by atoms with van der Waals surface area (Å²) in [7, 11) is 0. The fourth-order valence-corrected chi connectivity index (χ4v) is 5.10. The number of carbonyl (C=O) groups excluding carboxylic acids is 1. The fourth-order valence-electron chi connectivity index (χ4n) is 4.13. The second-order valence-corrected chi connectivity index (χ2v) is 8.79. The molecule has 1 saturated heterocycles. The van der Waals surface area contributed by atoms with Crippen molar-refractivity contribution in [2.75, 3.05) is 37.7 Å². The summed E-state index contributed by atoms with van der Waals surface area (Å²) >= 11 is 1.47. The summed E-state index contributed by atoms with van der Waals surface area (Å²) < 4.78 is 5.49. The molecule has 0 unspecified atom stereocenters. The monoisotopic (exact) mass is 443 g/mol. The van der Waals surface area contributed by atoms with Crippen LogP contribution < -0.4 is 9.64 Å². The summed E-state index contributed by atoms with van der Waals surface area (Å²) in [5.74, 6) is 0.677. The van der Waals surface area contributed by atoms with E-state index in [1.807, 2.05) is 37.3 Å². The van der Waals surface area contributed by atoms with Crippen LogP contribution in [0.15, 0.2) is 76.6 Å². The van der Waals surface area contributed by atoms with Gasteiger partial charge in [-0.25, -0.2) is 0 Å². The minimum absolute atomic E-state index is 0.157. The number of nitrogens with zero attached hydrogens (tertiary/aromatic N) is 3. The van der Waals surface area contributed by atoms with Gasteiger partial charge in [-0.2, -0.15) is 4.99 Å². The van der Waals surface area contributed by atoms with Crippen molar-refractivity contribution in [2.24, 2.45) is 4.99 Å². The molecule has 6 heteroatoms. The molecule has 3 aromatic rings. The number of anilines is 1. The van der Waals surface area contributed by atoms with Gasteiger partial charge in [0.15, 0.2) is 5.17 Å². The van der Waals surface area contributed by atoms with Gasteiger partial charge in [0.2, 0.25) is 0 Å². The van der Waals surface area contributed by atoms with Crippen LogP contribution in [0.5, 0.6) is 5.75 Å². The lowest BCUT2D eigenvalue weighted by Gasteiger charge is -2.37. The van der Waals surface area contributed by atoms with Crippen molar-refractivity contribution in [2.45, 2.75) is 6.92 Å². The molecule has 0 saturated carbocycles. The van der Waals surface area contributed by atoms with Crippen molar-refractivity contribution in [3.8, 4) is 5.75 Å². The molecule has 2 aliphatic heterocycles. The highest BCUT2D eigenvalue weighted by Crippen LogP contribution is 2.32. The Morgan fingerprint density at radius 3 is 2.44 bits per heavy atom. The summed E-state index contributed by atoms with van der Waals surface area (Å²) in [6.45, 7) is 6.10. The minimum Gasteiger partial charge on any atom is -0.494 e. The zero-order valence-corrected chi connectivity index (χ0v) is 18.8. The topological polar surface area (TPSA) is 45.1 Å². The van der Waals surface area contributed by atoms with Crippen LogP contribution >= 0.6 is 11.8 Å². The largest absolute Gasteiger partial charge is 0.494 e. The van der Waals surface area contributed by atoms with E-state index < -0.39 is 0 Å². The van der Waals surface area contributed by atoms with Crippen LogP contribution in [0.2, 0.25) is 0 Å². The SMILES string of the molecule is CCOc1ccc(/C=C2/SC(N3CCN(c4cccc5ccccc45)CC3)=NC2=O)cc1. The molecule has 32 heavy (non-hydrogen) atoms. The molecule has 3 aromatic carbocycles. The highest BCUT2D eigenvalue weighted by Gasteiger charge is 2.28. The van der Waals surface area contributed by atoms with Crippen molar-refractivity contribution in [3.05, 3.63) is 77.2 Å². The van der Waals surface area contributed by atoms with E-state index in [0.717, 1.165) is 42.7 Å². The Bertz CT molecular complexity index is 1190. The summed E-state index contributed by atoms with van der Waals surface area (Å²) in [5, 5.41) is 3.36. The molecule has 0 aromatic heterocycles. The predicted octanol–water partition coefficient (Wildman–Crippen LogP) is 5.03. The Balaban J connectivity index is 1.24. The van der Waals surface area contributed by atoms with Gasteiger partial charge in [-0.15, -0.1) is 0 Å². The van der Waals surface area contributed by atoms with Gasteiger partial charge in [-0.3, -0.25) is 4.79 Å². The third kappa shape index (κ3) is 4.23. The molecule has 2 heterocycles. The first-order chi connectivity index (χ1) is 15.7. The number of amides is 1. The van der Waals surface area contributed by atoms with Crippen molar-refractivity contribution >= 4 is 45.4 Å². The smallest absolute Gasteiger partial charge is 0.286 e. The number of ether oxygens (including phenoxy) is 1. The lowest BCUT2D eigenvalue weighted by atomic mass is 10.1. The summed E-state index contributed by atoms with van der Waals surface area (Å²) in [6.07, 6.45) is 1.91. The first kappa shape index (κ1) is 20.6. The van der Waals surface area contributed by atoms with E-state index in [4.69, 9.17) is 4.74 Å². The minimum atomic E-state index is -0.157. The third-order valence-corrected chi connectivity index (χ3v) is 6.80. The molecule has 0 radical (unpaired) electrons. The Kier molecular flexibility index (Phi) is 5.86. The number of carbonyl (C=O) groups is 1. The molecule has 5 nitrogen and oxygen atoms in total. The first-order valence-corrected chi connectivity index (χ1v) is 11.8. The summed E-state index contributed by atoms with van der Waals surface area (Å²) in [5.41, 5.74) is 2.25. The predicted molar refractivity (Wildman–Crippen MR) is 133 cm³/mol. The second-order valence-electron chi connectivity index (χ2n) is 7.78. The molecule has 5 rings (SSSR count). The number of fused-ring (bicyclic) bond motifs is 1. The molecule has 0 aliphatic carbocycles. The van der Waals surface area contributed by atoms with Gasteiger partial charge < -0.3 is 14.5 Å². The highest BCUT2D eigenvalue weighted by molar-refractivity contribution is 8.18. The van der Waals surface area contributed by atoms with Crippen molar-refractivity contribution in [3.63, 3.8) is 0 Å². The number of piperazine rings is 1. The quantitative estimate of drug-likeness (QED) is 0.529. The molecular weight excluding hydrogens is 418 g/mol. The molecule has 0 spiro atoms. The van der Waals surface area contributed by atoms with Gasteiger partial charge in [0.25, 0.3) is 5.91 Å². The average Bonchev–Trinajstić information content (AvgIpc) is 3.20. The lowest BCUT2D eigenvalue weighted by Crippen LogP contribution is -2.47. The van der Waals surface area contributed by atoms with Gasteiger partial charge in [0.05, 0.1) is 11.5 Å². The van der Waals surface area contributed by atoms with Gasteiger partial charge in [-0.1, -0.05) is 48.5 Å². The van der Waals surface area contributed by atoms with E-state index in [-0.39, 0.29) is 5.91 Å². The third-order valence-electron chi connectivity index (χ3n) is 5.76. The van der Waals surface area contributed by atoms with Gasteiger partial charge in [-0.05, 0) is 53.9 Å². The average molecular weight is 444 g/mol. The Morgan fingerprint density at radius 2 is 1.66 bits per heavy atom. The molecule has 0 bridgehead atoms. The van der Waals surface area contributed by atoms with Crippen LogP contribution in [0.3, 0.4) is 0 Å². The van der Waals surface area contributed by atoms with Crippen LogP contribution in [0.25, 0.3) is 16.8 Å². The zero-order valence-electron chi connectivity index (χ0n) is 18.0. The number of aliphatic imine (C=N–C) groups is 1. The Labute approximate surface area is 192 Å². The number of hydrogen-bond acceptors (Lipinski definition) is 5. The molecule has 0 atom stereocenters. The van der Waals surface area contributed by atoms with Crippen LogP contribution in [0.4, 0.5) is 5.69 Å². The number of benzene rings is 3. The molecule has 1 amide bonds. The van der Waals surface area contributed by atoms with Crippen molar-refractivity contribution in [1.29, 1.82) is 0 Å². The molecule has 1 fully saturated rings. The zero-order chi connectivity index (χ0) is 21.9. The van der Waals surface area contributed by atoms with Crippen LogP contribution in [-0.4, -0.2) is 48.8 Å². The number of hydrogen-bond donors (Lipinski definition) is 0. The Morgan fingerprint density at radius 1 is 0.938 bits per heavy atom. The van der Waals surface area contributed by atoms with Gasteiger partial charge in [0.1, 0.15) is 5.75 Å². The normalized spacial score (nSPS) is 17.8. The summed E-state index contributed by atoms with van der Waals surface area (Å²) in [4.78, 5) is 22.2. The van der Waals surface area contributed by atoms with E-state index in [1.165, 1.54) is 28.2 Å². The lowest BCUT2D eigenvalue weighted by molar-refractivity contribution is -0.113. The maximum Gasteiger partial charge on any atom is 0.286 e. The second kappa shape index (κ2) is 9.09. The Hall–Kier alpha value is -3.25. The fraction of sp³-hybridized carbons (Fsp3) is 0.231. The van der Waals surface area contributed by atoms with Gasteiger partial charge >= 0.3 is 0 Å².